The Bertz CT molecular complexity index is 231. The number of carbonyl (C=O) groups excluding carboxylic acids is 1. The number of alkyl halides is 1. The van der Waals surface area contributed by atoms with Gasteiger partial charge in [0.15, 0.2) is 0 Å². The molecule has 0 radical (unpaired) electrons. The molecule has 0 aromatic carbocycles. The van der Waals surface area contributed by atoms with Crippen molar-refractivity contribution in [1.29, 1.82) is 5.26 Å². The Labute approximate surface area is 69.9 Å². The summed E-state index contributed by atoms with van der Waals surface area (Å²) >= 11 is 5.33. The molecule has 0 aromatic rings. The Hall–Kier alpha value is -1.01. The number of rotatable bonds is 1. The number of nitrogens with zero attached hydrogens (tertiary/aromatic N) is 2. The lowest BCUT2D eigenvalue weighted by molar-refractivity contribution is -0.128. The van der Waals surface area contributed by atoms with Crippen LogP contribution in [0.3, 0.4) is 0 Å². The van der Waals surface area contributed by atoms with Crippen LogP contribution in [0.15, 0.2) is 12.2 Å². The van der Waals surface area contributed by atoms with Gasteiger partial charge in [0, 0.05) is 6.54 Å². The first-order valence-electron chi connectivity index (χ1n) is 3.21. The van der Waals surface area contributed by atoms with Crippen molar-refractivity contribution in [2.45, 2.75) is 6.04 Å². The van der Waals surface area contributed by atoms with Crippen LogP contribution in [0.4, 0.5) is 0 Å². The predicted octanol–water partition coefficient (Wildman–Crippen LogP) is 0.516. The second kappa shape index (κ2) is 3.40. The summed E-state index contributed by atoms with van der Waals surface area (Å²) in [7, 11) is 0. The average molecular weight is 171 g/mol. The van der Waals surface area contributed by atoms with Gasteiger partial charge >= 0.3 is 0 Å². The number of halogens is 1. The maximum absolute atomic E-state index is 11.0. The summed E-state index contributed by atoms with van der Waals surface area (Å²) in [6, 6.07) is 1.57. The Balaban J connectivity index is 2.62. The maximum atomic E-state index is 11.0. The third-order valence-corrected chi connectivity index (χ3v) is 1.75. The molecule has 1 rings (SSSR count). The molecule has 3 nitrogen and oxygen atoms in total. The molecule has 0 saturated heterocycles. The van der Waals surface area contributed by atoms with E-state index in [9.17, 15) is 4.79 Å². The first-order valence-corrected chi connectivity index (χ1v) is 3.74. The largest absolute Gasteiger partial charge is 0.318 e. The molecular formula is C7H7ClN2O. The zero-order valence-electron chi connectivity index (χ0n) is 5.83. The summed E-state index contributed by atoms with van der Waals surface area (Å²) in [6.45, 7) is 0.504. The lowest BCUT2D eigenvalue weighted by Gasteiger charge is -2.17. The van der Waals surface area contributed by atoms with E-state index in [1.807, 2.05) is 6.07 Å². The first-order chi connectivity index (χ1) is 5.29. The van der Waals surface area contributed by atoms with Gasteiger partial charge in [-0.15, -0.1) is 11.6 Å². The van der Waals surface area contributed by atoms with E-state index in [4.69, 9.17) is 16.9 Å². The Morgan fingerprint density at radius 1 is 1.91 bits per heavy atom. The molecule has 0 spiro atoms. The minimum Gasteiger partial charge on any atom is -0.318 e. The van der Waals surface area contributed by atoms with Crippen molar-refractivity contribution in [1.82, 2.24) is 4.90 Å². The SMILES string of the molecule is N#CC1C=CCN1C(=O)CCl. The molecule has 58 valence electrons. The molecule has 0 saturated carbocycles. The van der Waals surface area contributed by atoms with Crippen LogP contribution in [0.1, 0.15) is 0 Å². The molecule has 0 bridgehead atoms. The van der Waals surface area contributed by atoms with Crippen LogP contribution < -0.4 is 0 Å². The van der Waals surface area contributed by atoms with E-state index in [-0.39, 0.29) is 11.8 Å². The minimum absolute atomic E-state index is 0.0557. The van der Waals surface area contributed by atoms with Gasteiger partial charge in [0.2, 0.25) is 5.91 Å². The predicted molar refractivity (Wildman–Crippen MR) is 41.0 cm³/mol. The van der Waals surface area contributed by atoms with E-state index in [1.54, 1.807) is 12.2 Å². The molecule has 1 amide bonds. The number of hydrogen-bond donors (Lipinski definition) is 0. The zero-order valence-corrected chi connectivity index (χ0v) is 6.58. The third-order valence-electron chi connectivity index (χ3n) is 1.52. The highest BCUT2D eigenvalue weighted by Crippen LogP contribution is 2.08. The third kappa shape index (κ3) is 1.52. The lowest BCUT2D eigenvalue weighted by Crippen LogP contribution is -2.35. The number of amides is 1. The number of carbonyl (C=O) groups is 1. The van der Waals surface area contributed by atoms with Crippen LogP contribution >= 0.6 is 11.6 Å². The van der Waals surface area contributed by atoms with Gasteiger partial charge in [0.25, 0.3) is 0 Å². The van der Waals surface area contributed by atoms with Crippen LogP contribution in [0, 0.1) is 11.3 Å². The molecule has 0 aromatic heterocycles. The molecule has 0 N–H and O–H groups in total. The highest BCUT2D eigenvalue weighted by molar-refractivity contribution is 6.27. The molecular weight excluding hydrogens is 164 g/mol. The monoisotopic (exact) mass is 170 g/mol. The molecule has 0 aliphatic carbocycles. The van der Waals surface area contributed by atoms with E-state index in [0.29, 0.717) is 6.54 Å². The van der Waals surface area contributed by atoms with Gasteiger partial charge in [-0.25, -0.2) is 0 Å². The van der Waals surface area contributed by atoms with Crippen LogP contribution in [0.5, 0.6) is 0 Å². The van der Waals surface area contributed by atoms with E-state index >= 15 is 0 Å². The topological polar surface area (TPSA) is 44.1 Å². The molecule has 1 unspecified atom stereocenters. The summed E-state index contributed by atoms with van der Waals surface area (Å²) in [5.74, 6) is -0.247. The first kappa shape index (κ1) is 8.09. The fourth-order valence-electron chi connectivity index (χ4n) is 0.967. The van der Waals surface area contributed by atoms with E-state index in [1.165, 1.54) is 4.90 Å². The fourth-order valence-corrected chi connectivity index (χ4v) is 1.12. The highest BCUT2D eigenvalue weighted by Gasteiger charge is 2.22. The van der Waals surface area contributed by atoms with Crippen molar-refractivity contribution < 1.29 is 4.79 Å². The Morgan fingerprint density at radius 3 is 3.18 bits per heavy atom. The maximum Gasteiger partial charge on any atom is 0.239 e. The van der Waals surface area contributed by atoms with E-state index in [0.717, 1.165) is 0 Å². The minimum atomic E-state index is -0.416. The van der Waals surface area contributed by atoms with Crippen molar-refractivity contribution in [3.8, 4) is 6.07 Å². The van der Waals surface area contributed by atoms with Crippen LogP contribution in [-0.2, 0) is 4.79 Å². The van der Waals surface area contributed by atoms with Gasteiger partial charge in [-0.3, -0.25) is 4.79 Å². The van der Waals surface area contributed by atoms with E-state index in [2.05, 4.69) is 0 Å². The Kier molecular flexibility index (Phi) is 2.50. The number of nitriles is 1. The van der Waals surface area contributed by atoms with Crippen LogP contribution in [-0.4, -0.2) is 29.3 Å². The van der Waals surface area contributed by atoms with Gasteiger partial charge in [-0.05, 0) is 6.08 Å². The summed E-state index contributed by atoms with van der Waals surface area (Å²) in [6.07, 6.45) is 3.49. The standard InChI is InChI=1S/C7H7ClN2O/c8-4-7(11)10-3-1-2-6(10)5-9/h1-2,6H,3-4H2. The van der Waals surface area contributed by atoms with Gasteiger partial charge in [0.1, 0.15) is 11.9 Å². The molecule has 1 atom stereocenters. The van der Waals surface area contributed by atoms with Gasteiger partial charge < -0.3 is 4.90 Å². The lowest BCUT2D eigenvalue weighted by atomic mass is 10.3. The fraction of sp³-hybridized carbons (Fsp3) is 0.429. The van der Waals surface area contributed by atoms with Crippen LogP contribution in [0.2, 0.25) is 0 Å². The van der Waals surface area contributed by atoms with Crippen molar-refractivity contribution in [3.05, 3.63) is 12.2 Å². The van der Waals surface area contributed by atoms with Gasteiger partial charge in [-0.2, -0.15) is 5.26 Å². The van der Waals surface area contributed by atoms with Crippen molar-refractivity contribution in [2.24, 2.45) is 0 Å². The summed E-state index contributed by atoms with van der Waals surface area (Å²) in [5.41, 5.74) is 0. The van der Waals surface area contributed by atoms with Gasteiger partial charge in [-0.1, -0.05) is 6.08 Å². The van der Waals surface area contributed by atoms with Crippen molar-refractivity contribution in [2.75, 3.05) is 12.4 Å². The highest BCUT2D eigenvalue weighted by atomic mass is 35.5. The Morgan fingerprint density at radius 2 is 2.64 bits per heavy atom. The van der Waals surface area contributed by atoms with Crippen LogP contribution in [0.25, 0.3) is 0 Å². The second-order valence-corrected chi connectivity index (χ2v) is 2.45. The molecule has 1 aliphatic heterocycles. The second-order valence-electron chi connectivity index (χ2n) is 2.18. The summed E-state index contributed by atoms with van der Waals surface area (Å²) < 4.78 is 0. The number of hydrogen-bond acceptors (Lipinski definition) is 2. The molecule has 0 fully saturated rings. The molecule has 11 heavy (non-hydrogen) atoms. The van der Waals surface area contributed by atoms with Crippen molar-refractivity contribution in [3.63, 3.8) is 0 Å². The molecule has 1 aliphatic rings. The average Bonchev–Trinajstić information content (AvgIpc) is 2.50. The summed E-state index contributed by atoms with van der Waals surface area (Å²) in [5, 5.41) is 8.54. The van der Waals surface area contributed by atoms with Gasteiger partial charge in [0.05, 0.1) is 6.07 Å². The molecule has 4 heteroatoms. The van der Waals surface area contributed by atoms with Crippen molar-refractivity contribution >= 4 is 17.5 Å². The summed E-state index contributed by atoms with van der Waals surface area (Å²) in [4.78, 5) is 12.4. The van der Waals surface area contributed by atoms with E-state index < -0.39 is 6.04 Å². The normalized spacial score (nSPS) is 21.8. The quantitative estimate of drug-likeness (QED) is 0.425. The smallest absolute Gasteiger partial charge is 0.239 e. The zero-order chi connectivity index (χ0) is 8.27. The molecule has 1 heterocycles.